The first-order valence-corrected chi connectivity index (χ1v) is 13.0. The van der Waals surface area contributed by atoms with E-state index in [1.165, 1.54) is 16.0 Å². The van der Waals surface area contributed by atoms with E-state index in [1.54, 1.807) is 12.1 Å². The molecule has 0 saturated carbocycles. The number of carbonyl (C=O) groups excluding carboxylic acids is 3. The van der Waals surface area contributed by atoms with Crippen molar-refractivity contribution in [3.63, 3.8) is 0 Å². The highest BCUT2D eigenvalue weighted by atomic mass is 35.5. The first kappa shape index (κ1) is 24.8. The lowest BCUT2D eigenvalue weighted by atomic mass is 9.95. The molecule has 4 aromatic carbocycles. The lowest BCUT2D eigenvalue weighted by molar-refractivity contribution is -0.132. The standard InChI is InChI=1S/C31H25ClN4O3/c1-34(2)22-13-10-20(11-14-22)28-17-26(24-9-5-7-19-6-3-4-8-23(19)24)33-36(28)29(37)18-35-27-15-12-21(32)16-25(27)30(38)31(35)39/h3-16,28H,17-18H2,1-2H3. The zero-order valence-electron chi connectivity index (χ0n) is 21.5. The van der Waals surface area contributed by atoms with E-state index in [9.17, 15) is 14.4 Å². The smallest absolute Gasteiger partial charge is 0.299 e. The summed E-state index contributed by atoms with van der Waals surface area (Å²) in [5, 5.41) is 8.79. The molecule has 2 aliphatic heterocycles. The van der Waals surface area contributed by atoms with Crippen LogP contribution in [-0.2, 0) is 9.59 Å². The van der Waals surface area contributed by atoms with E-state index in [-0.39, 0.29) is 24.1 Å². The second-order valence-electron chi connectivity index (χ2n) is 9.90. The number of rotatable bonds is 5. The Balaban J connectivity index is 1.38. The van der Waals surface area contributed by atoms with Crippen LogP contribution in [0, 0.1) is 0 Å². The molecule has 1 unspecified atom stereocenters. The maximum Gasteiger partial charge on any atom is 0.299 e. The van der Waals surface area contributed by atoms with Crippen LogP contribution < -0.4 is 9.80 Å². The van der Waals surface area contributed by atoms with Crippen LogP contribution in [0.15, 0.2) is 90.0 Å². The van der Waals surface area contributed by atoms with Crippen LogP contribution in [0.5, 0.6) is 0 Å². The van der Waals surface area contributed by atoms with E-state index in [0.717, 1.165) is 33.3 Å². The lowest BCUT2D eigenvalue weighted by Gasteiger charge is -2.25. The van der Waals surface area contributed by atoms with Crippen molar-refractivity contribution in [2.45, 2.75) is 12.5 Å². The SMILES string of the molecule is CN(C)c1ccc(C2CC(c3cccc4ccccc34)=NN2C(=O)CN2C(=O)C(=O)c3cc(Cl)ccc32)cc1. The van der Waals surface area contributed by atoms with Gasteiger partial charge in [0.15, 0.2) is 0 Å². The Hall–Kier alpha value is -4.49. The van der Waals surface area contributed by atoms with E-state index in [0.29, 0.717) is 17.1 Å². The molecule has 6 rings (SSSR count). The van der Waals surface area contributed by atoms with Gasteiger partial charge in [0.2, 0.25) is 0 Å². The van der Waals surface area contributed by atoms with Crippen LogP contribution in [0.25, 0.3) is 10.8 Å². The molecule has 2 heterocycles. The van der Waals surface area contributed by atoms with Crippen LogP contribution in [0.2, 0.25) is 5.02 Å². The molecule has 2 aliphatic rings. The molecule has 8 heteroatoms. The molecule has 0 spiro atoms. The minimum atomic E-state index is -0.745. The zero-order chi connectivity index (χ0) is 27.3. The molecule has 39 heavy (non-hydrogen) atoms. The molecule has 2 amide bonds. The van der Waals surface area contributed by atoms with Gasteiger partial charge in [-0.1, -0.05) is 66.2 Å². The molecule has 1 atom stereocenters. The normalized spacial score (nSPS) is 16.6. The molecule has 0 fully saturated rings. The number of ketones is 1. The molecule has 194 valence electrons. The monoisotopic (exact) mass is 536 g/mol. The van der Waals surface area contributed by atoms with Gasteiger partial charge in [-0.15, -0.1) is 0 Å². The third kappa shape index (κ3) is 4.34. The Bertz CT molecular complexity index is 1670. The first-order chi connectivity index (χ1) is 18.8. The van der Waals surface area contributed by atoms with E-state index in [2.05, 4.69) is 18.2 Å². The summed E-state index contributed by atoms with van der Waals surface area (Å²) in [6.45, 7) is -0.308. The van der Waals surface area contributed by atoms with Gasteiger partial charge in [0, 0.05) is 36.8 Å². The summed E-state index contributed by atoms with van der Waals surface area (Å²) >= 11 is 6.05. The molecule has 7 nitrogen and oxygen atoms in total. The van der Waals surface area contributed by atoms with Gasteiger partial charge in [-0.05, 0) is 46.7 Å². The average molecular weight is 537 g/mol. The van der Waals surface area contributed by atoms with Gasteiger partial charge in [0.05, 0.1) is 23.0 Å². The van der Waals surface area contributed by atoms with Crippen molar-refractivity contribution in [3.8, 4) is 0 Å². The zero-order valence-corrected chi connectivity index (χ0v) is 22.2. The Morgan fingerprint density at radius 2 is 1.69 bits per heavy atom. The second kappa shape index (κ2) is 9.67. The maximum atomic E-state index is 13.8. The molecule has 0 bridgehead atoms. The van der Waals surface area contributed by atoms with E-state index in [1.807, 2.05) is 67.5 Å². The highest BCUT2D eigenvalue weighted by molar-refractivity contribution is 6.53. The first-order valence-electron chi connectivity index (χ1n) is 12.6. The van der Waals surface area contributed by atoms with Crippen molar-refractivity contribution in [1.82, 2.24) is 5.01 Å². The van der Waals surface area contributed by atoms with Crippen molar-refractivity contribution in [3.05, 3.63) is 107 Å². The minimum Gasteiger partial charge on any atom is -0.378 e. The number of halogens is 1. The number of carbonyl (C=O) groups is 3. The van der Waals surface area contributed by atoms with Crippen molar-refractivity contribution in [1.29, 1.82) is 0 Å². The number of benzene rings is 4. The van der Waals surface area contributed by atoms with Gasteiger partial charge in [-0.2, -0.15) is 5.10 Å². The van der Waals surface area contributed by atoms with E-state index < -0.39 is 11.7 Å². The molecular weight excluding hydrogens is 512 g/mol. The molecule has 0 radical (unpaired) electrons. The summed E-state index contributed by atoms with van der Waals surface area (Å²) < 4.78 is 0. The summed E-state index contributed by atoms with van der Waals surface area (Å²) in [4.78, 5) is 42.5. The van der Waals surface area contributed by atoms with Gasteiger partial charge < -0.3 is 4.90 Å². The molecule has 0 N–H and O–H groups in total. The summed E-state index contributed by atoms with van der Waals surface area (Å²) in [5.74, 6) is -1.79. The topological polar surface area (TPSA) is 73.3 Å². The quantitative estimate of drug-likeness (QED) is 0.317. The Morgan fingerprint density at radius 1 is 0.949 bits per heavy atom. The minimum absolute atomic E-state index is 0.206. The van der Waals surface area contributed by atoms with E-state index in [4.69, 9.17) is 16.7 Å². The number of nitrogens with zero attached hydrogens (tertiary/aromatic N) is 4. The number of hydrogen-bond acceptors (Lipinski definition) is 5. The molecule has 0 aliphatic carbocycles. The second-order valence-corrected chi connectivity index (χ2v) is 10.3. The Morgan fingerprint density at radius 3 is 2.46 bits per heavy atom. The number of Topliss-reactive ketones (excluding diaryl/α,β-unsaturated/α-hetero) is 1. The Labute approximate surface area is 230 Å². The van der Waals surface area contributed by atoms with E-state index >= 15 is 0 Å². The van der Waals surface area contributed by atoms with Gasteiger partial charge in [0.25, 0.3) is 17.6 Å². The third-order valence-electron chi connectivity index (χ3n) is 7.29. The fraction of sp³-hybridized carbons (Fsp3) is 0.161. The van der Waals surface area contributed by atoms with Crippen molar-refractivity contribution < 1.29 is 14.4 Å². The molecular formula is C31H25ClN4O3. The number of hydrazone groups is 1. The van der Waals surface area contributed by atoms with Crippen LogP contribution in [-0.4, -0.2) is 49.0 Å². The van der Waals surface area contributed by atoms with Crippen LogP contribution in [0.4, 0.5) is 11.4 Å². The Kier molecular flexibility index (Phi) is 6.16. The summed E-state index contributed by atoms with van der Waals surface area (Å²) in [5.41, 5.74) is 4.32. The number of fused-ring (bicyclic) bond motifs is 2. The lowest BCUT2D eigenvalue weighted by Crippen LogP contribution is -2.40. The highest BCUT2D eigenvalue weighted by Gasteiger charge is 2.40. The van der Waals surface area contributed by atoms with Crippen molar-refractivity contribution >= 4 is 57.1 Å². The number of hydrogen-bond donors (Lipinski definition) is 0. The van der Waals surface area contributed by atoms with Crippen LogP contribution >= 0.6 is 11.6 Å². The van der Waals surface area contributed by atoms with Crippen LogP contribution in [0.1, 0.15) is 33.9 Å². The molecule has 0 saturated heterocycles. The van der Waals surface area contributed by atoms with Gasteiger partial charge in [0.1, 0.15) is 6.54 Å². The summed E-state index contributed by atoms with van der Waals surface area (Å²) in [6.07, 6.45) is 0.514. The predicted molar refractivity (Wildman–Crippen MR) is 154 cm³/mol. The molecule has 0 aromatic heterocycles. The highest BCUT2D eigenvalue weighted by Crippen LogP contribution is 2.37. The van der Waals surface area contributed by atoms with Crippen molar-refractivity contribution in [2.24, 2.45) is 5.10 Å². The van der Waals surface area contributed by atoms with Gasteiger partial charge >= 0.3 is 0 Å². The fourth-order valence-electron chi connectivity index (χ4n) is 5.27. The number of amides is 2. The fourth-order valence-corrected chi connectivity index (χ4v) is 5.44. The maximum absolute atomic E-state index is 13.8. The van der Waals surface area contributed by atoms with Gasteiger partial charge in [-0.3, -0.25) is 19.3 Å². The van der Waals surface area contributed by atoms with Crippen LogP contribution in [0.3, 0.4) is 0 Å². The molecule has 4 aromatic rings. The largest absolute Gasteiger partial charge is 0.378 e. The van der Waals surface area contributed by atoms with Gasteiger partial charge in [-0.25, -0.2) is 5.01 Å². The predicted octanol–water partition coefficient (Wildman–Crippen LogP) is 5.47. The van der Waals surface area contributed by atoms with Crippen molar-refractivity contribution in [2.75, 3.05) is 30.4 Å². The average Bonchev–Trinajstić information content (AvgIpc) is 3.49. The summed E-state index contributed by atoms with van der Waals surface area (Å²) in [7, 11) is 3.95. The number of anilines is 2. The summed E-state index contributed by atoms with van der Waals surface area (Å²) in [6, 6.07) is 26.5. The third-order valence-corrected chi connectivity index (χ3v) is 7.52.